The third-order valence-electron chi connectivity index (χ3n) is 3.53. The predicted octanol–water partition coefficient (Wildman–Crippen LogP) is 2.47. The number of carbonyl (C=O) groups is 1. The number of rotatable bonds is 4. The molecule has 6 nitrogen and oxygen atoms in total. The topological polar surface area (TPSA) is 85.9 Å². The van der Waals surface area contributed by atoms with Gasteiger partial charge in [-0.15, -0.1) is 0 Å². The average Bonchev–Trinajstić information content (AvgIpc) is 2.61. The van der Waals surface area contributed by atoms with E-state index in [4.69, 9.17) is 15.2 Å². The Morgan fingerprint density at radius 3 is 2.83 bits per heavy atom. The maximum atomic E-state index is 11.9. The zero-order valence-electron chi connectivity index (χ0n) is 13.2. The number of nitrogens with two attached hydrogens (primary N) is 1. The van der Waals surface area contributed by atoms with Crippen LogP contribution in [-0.2, 0) is 0 Å². The fourth-order valence-corrected chi connectivity index (χ4v) is 2.24. The van der Waals surface area contributed by atoms with E-state index in [2.05, 4.69) is 10.5 Å². The molecule has 0 unspecified atom stereocenters. The van der Waals surface area contributed by atoms with E-state index >= 15 is 0 Å². The number of amides is 1. The standard InChI is InChI=1S/C18H17N3O3/c1-23-16-7-4-14-8-12(11-24-17(14)9-16)10-20-21-18(22)13-2-5-15(19)6-3-13/h2-10H,11,19H2,1H3,(H,21,22)/b20-10+. The van der Waals surface area contributed by atoms with E-state index in [0.717, 1.165) is 22.6 Å². The van der Waals surface area contributed by atoms with Crippen molar-refractivity contribution in [2.45, 2.75) is 0 Å². The summed E-state index contributed by atoms with van der Waals surface area (Å²) in [6, 6.07) is 12.2. The Bertz CT molecular complexity index is 811. The Hall–Kier alpha value is -3.28. The van der Waals surface area contributed by atoms with E-state index < -0.39 is 0 Å². The molecule has 0 aliphatic carbocycles. The Kier molecular flexibility index (Phi) is 4.47. The highest BCUT2D eigenvalue weighted by Gasteiger charge is 2.11. The summed E-state index contributed by atoms with van der Waals surface area (Å²) in [6.07, 6.45) is 3.53. The quantitative estimate of drug-likeness (QED) is 0.514. The summed E-state index contributed by atoms with van der Waals surface area (Å²) in [5.41, 5.74) is 11.0. The van der Waals surface area contributed by atoms with Gasteiger partial charge in [-0.05, 0) is 42.5 Å². The molecule has 0 fully saturated rings. The monoisotopic (exact) mass is 323 g/mol. The van der Waals surface area contributed by atoms with Crippen LogP contribution in [0.25, 0.3) is 6.08 Å². The van der Waals surface area contributed by atoms with E-state index in [9.17, 15) is 4.79 Å². The number of nitrogens with zero attached hydrogens (tertiary/aromatic N) is 1. The molecule has 1 aliphatic heterocycles. The number of ether oxygens (including phenoxy) is 2. The van der Waals surface area contributed by atoms with Gasteiger partial charge in [0, 0.05) is 28.5 Å². The maximum absolute atomic E-state index is 11.9. The van der Waals surface area contributed by atoms with Gasteiger partial charge in [-0.25, -0.2) is 5.43 Å². The second kappa shape index (κ2) is 6.87. The largest absolute Gasteiger partial charge is 0.497 e. The first-order valence-electron chi connectivity index (χ1n) is 7.36. The van der Waals surface area contributed by atoms with Crippen LogP contribution in [0.1, 0.15) is 15.9 Å². The molecule has 3 rings (SSSR count). The van der Waals surface area contributed by atoms with Crippen LogP contribution >= 0.6 is 0 Å². The molecule has 2 aromatic carbocycles. The first-order chi connectivity index (χ1) is 11.7. The number of fused-ring (bicyclic) bond motifs is 1. The van der Waals surface area contributed by atoms with Gasteiger partial charge < -0.3 is 15.2 Å². The van der Waals surface area contributed by atoms with Crippen molar-refractivity contribution in [1.29, 1.82) is 0 Å². The van der Waals surface area contributed by atoms with Gasteiger partial charge in [0.25, 0.3) is 5.91 Å². The molecule has 1 amide bonds. The molecule has 1 aliphatic rings. The van der Waals surface area contributed by atoms with E-state index in [1.54, 1.807) is 37.6 Å². The summed E-state index contributed by atoms with van der Waals surface area (Å²) in [6.45, 7) is 0.376. The van der Waals surface area contributed by atoms with E-state index in [1.807, 2.05) is 24.3 Å². The van der Waals surface area contributed by atoms with Crippen LogP contribution in [0.2, 0.25) is 0 Å². The van der Waals surface area contributed by atoms with Gasteiger partial charge in [-0.1, -0.05) is 0 Å². The van der Waals surface area contributed by atoms with Gasteiger partial charge in [0.05, 0.1) is 13.3 Å². The normalized spacial score (nSPS) is 13.0. The highest BCUT2D eigenvalue weighted by Crippen LogP contribution is 2.29. The number of hydrogen-bond acceptors (Lipinski definition) is 5. The molecule has 0 atom stereocenters. The van der Waals surface area contributed by atoms with Crippen LogP contribution in [-0.4, -0.2) is 25.8 Å². The van der Waals surface area contributed by atoms with Crippen LogP contribution < -0.4 is 20.6 Å². The molecule has 0 spiro atoms. The second-order valence-corrected chi connectivity index (χ2v) is 5.23. The highest BCUT2D eigenvalue weighted by molar-refractivity contribution is 5.95. The number of nitrogens with one attached hydrogen (secondary N) is 1. The third-order valence-corrected chi connectivity index (χ3v) is 3.53. The van der Waals surface area contributed by atoms with Crippen molar-refractivity contribution in [3.8, 4) is 11.5 Å². The molecule has 0 aromatic heterocycles. The lowest BCUT2D eigenvalue weighted by Gasteiger charge is -2.16. The molecule has 1 heterocycles. The van der Waals surface area contributed by atoms with Crippen molar-refractivity contribution in [1.82, 2.24) is 5.43 Å². The van der Waals surface area contributed by atoms with Crippen molar-refractivity contribution in [2.24, 2.45) is 5.10 Å². The number of methoxy groups -OCH3 is 1. The minimum atomic E-state index is -0.297. The Balaban J connectivity index is 1.65. The van der Waals surface area contributed by atoms with Gasteiger partial charge >= 0.3 is 0 Å². The predicted molar refractivity (Wildman–Crippen MR) is 93.3 cm³/mol. The van der Waals surface area contributed by atoms with E-state index in [1.165, 1.54) is 0 Å². The molecule has 2 aromatic rings. The Morgan fingerprint density at radius 2 is 2.08 bits per heavy atom. The van der Waals surface area contributed by atoms with Crippen molar-refractivity contribution in [3.63, 3.8) is 0 Å². The number of benzene rings is 2. The van der Waals surface area contributed by atoms with E-state index in [-0.39, 0.29) is 5.91 Å². The van der Waals surface area contributed by atoms with Crippen LogP contribution in [0, 0.1) is 0 Å². The van der Waals surface area contributed by atoms with Crippen molar-refractivity contribution in [2.75, 3.05) is 19.5 Å². The van der Waals surface area contributed by atoms with Gasteiger partial charge in [0.15, 0.2) is 0 Å². The molecular formula is C18H17N3O3. The molecule has 6 heteroatoms. The Labute approximate surface area is 139 Å². The molecule has 122 valence electrons. The summed E-state index contributed by atoms with van der Waals surface area (Å²) >= 11 is 0. The van der Waals surface area contributed by atoms with E-state index in [0.29, 0.717) is 17.9 Å². The minimum absolute atomic E-state index is 0.297. The first kappa shape index (κ1) is 15.6. The number of nitrogen functional groups attached to an aromatic ring is 1. The molecule has 3 N–H and O–H groups in total. The first-order valence-corrected chi connectivity index (χ1v) is 7.36. The lowest BCUT2D eigenvalue weighted by atomic mass is 10.1. The van der Waals surface area contributed by atoms with Crippen LogP contribution in [0.15, 0.2) is 53.1 Å². The van der Waals surface area contributed by atoms with Crippen LogP contribution in [0.3, 0.4) is 0 Å². The van der Waals surface area contributed by atoms with Crippen molar-refractivity contribution < 1.29 is 14.3 Å². The summed E-state index contributed by atoms with van der Waals surface area (Å²) in [5.74, 6) is 1.21. The third kappa shape index (κ3) is 3.55. The highest BCUT2D eigenvalue weighted by atomic mass is 16.5. The average molecular weight is 323 g/mol. The molecule has 0 radical (unpaired) electrons. The van der Waals surface area contributed by atoms with Crippen LogP contribution in [0.4, 0.5) is 5.69 Å². The van der Waals surface area contributed by atoms with Gasteiger partial charge in [0.2, 0.25) is 0 Å². The van der Waals surface area contributed by atoms with Crippen molar-refractivity contribution >= 4 is 23.9 Å². The fourth-order valence-electron chi connectivity index (χ4n) is 2.24. The number of carbonyl (C=O) groups excluding carboxylic acids is 1. The number of anilines is 1. The maximum Gasteiger partial charge on any atom is 0.271 e. The number of hydrazone groups is 1. The number of hydrogen-bond donors (Lipinski definition) is 2. The zero-order valence-corrected chi connectivity index (χ0v) is 13.2. The lowest BCUT2D eigenvalue weighted by Crippen LogP contribution is -2.18. The fraction of sp³-hybridized carbons (Fsp3) is 0.111. The molecular weight excluding hydrogens is 306 g/mol. The van der Waals surface area contributed by atoms with Gasteiger partial charge in [-0.3, -0.25) is 4.79 Å². The minimum Gasteiger partial charge on any atom is -0.497 e. The molecule has 0 saturated carbocycles. The molecule has 0 saturated heterocycles. The summed E-state index contributed by atoms with van der Waals surface area (Å²) in [7, 11) is 1.61. The van der Waals surface area contributed by atoms with Crippen molar-refractivity contribution in [3.05, 3.63) is 59.2 Å². The smallest absolute Gasteiger partial charge is 0.271 e. The van der Waals surface area contributed by atoms with Crippen LogP contribution in [0.5, 0.6) is 11.5 Å². The van der Waals surface area contributed by atoms with Gasteiger partial charge in [-0.2, -0.15) is 5.10 Å². The lowest BCUT2D eigenvalue weighted by molar-refractivity contribution is 0.0955. The molecule has 0 bridgehead atoms. The SMILES string of the molecule is COc1ccc2c(c1)OCC(/C=N/NC(=O)c1ccc(N)cc1)=C2. The molecule has 24 heavy (non-hydrogen) atoms. The zero-order chi connectivity index (χ0) is 16.9. The Morgan fingerprint density at radius 1 is 1.29 bits per heavy atom. The summed E-state index contributed by atoms with van der Waals surface area (Å²) < 4.78 is 10.8. The second-order valence-electron chi connectivity index (χ2n) is 5.23. The summed E-state index contributed by atoms with van der Waals surface area (Å²) in [5, 5.41) is 3.97. The van der Waals surface area contributed by atoms with Gasteiger partial charge in [0.1, 0.15) is 18.1 Å². The summed E-state index contributed by atoms with van der Waals surface area (Å²) in [4.78, 5) is 11.9.